The maximum atomic E-state index is 10.7. The molecule has 1 amide bonds. The predicted octanol–water partition coefficient (Wildman–Crippen LogP) is 0.272. The number of thioether (sulfide) groups is 1. The number of rotatable bonds is 5. The van der Waals surface area contributed by atoms with E-state index in [-0.39, 0.29) is 5.91 Å². The van der Waals surface area contributed by atoms with Crippen LogP contribution in [0.1, 0.15) is 12.8 Å². The van der Waals surface area contributed by atoms with Gasteiger partial charge in [-0.1, -0.05) is 11.8 Å². The Labute approximate surface area is 80.5 Å². The van der Waals surface area contributed by atoms with Gasteiger partial charge in [0.25, 0.3) is 0 Å². The zero-order valence-electron chi connectivity index (χ0n) is 7.12. The molecule has 1 aromatic rings. The average Bonchev–Trinajstić information content (AvgIpc) is 2.64. The van der Waals surface area contributed by atoms with Crippen LogP contribution in [0.2, 0.25) is 0 Å². The highest BCUT2D eigenvalue weighted by molar-refractivity contribution is 7.99. The molecule has 1 aromatic heterocycles. The zero-order valence-corrected chi connectivity index (χ0v) is 7.93. The minimum absolute atomic E-state index is 0.125. The van der Waals surface area contributed by atoms with Crippen molar-refractivity contribution >= 4 is 17.7 Å². The fourth-order valence-corrected chi connectivity index (χ4v) is 1.57. The Bertz CT molecular complexity index is 249. The van der Waals surface area contributed by atoms with E-state index in [1.54, 1.807) is 24.2 Å². The Balaban J connectivity index is 2.05. The number of hydrazine groups is 1. The molecule has 0 saturated carbocycles. The molecule has 1 rings (SSSR count). The van der Waals surface area contributed by atoms with Gasteiger partial charge in [-0.3, -0.25) is 10.2 Å². The molecule has 0 fully saturated rings. The van der Waals surface area contributed by atoms with E-state index in [1.807, 2.05) is 0 Å². The first-order chi connectivity index (χ1) is 6.33. The van der Waals surface area contributed by atoms with Crippen LogP contribution in [0.3, 0.4) is 0 Å². The lowest BCUT2D eigenvalue weighted by molar-refractivity contribution is -0.121. The summed E-state index contributed by atoms with van der Waals surface area (Å²) in [6, 6.07) is 0. The predicted molar refractivity (Wildman–Crippen MR) is 50.9 cm³/mol. The number of aromatic nitrogens is 2. The molecule has 0 unspecified atom stereocenters. The van der Waals surface area contributed by atoms with E-state index >= 15 is 0 Å². The first-order valence-electron chi connectivity index (χ1n) is 3.94. The highest BCUT2D eigenvalue weighted by atomic mass is 32.2. The number of hydrogen-bond acceptors (Lipinski definition) is 4. The molecular formula is C7H12N4OS. The second kappa shape index (κ2) is 5.60. The third kappa shape index (κ3) is 3.95. The SMILES string of the molecule is NNC(=O)CCCSc1ncc[nH]1. The molecule has 13 heavy (non-hydrogen) atoms. The van der Waals surface area contributed by atoms with Crippen molar-refractivity contribution in [1.82, 2.24) is 15.4 Å². The van der Waals surface area contributed by atoms with E-state index in [1.165, 1.54) is 0 Å². The lowest BCUT2D eigenvalue weighted by atomic mass is 10.3. The maximum Gasteiger partial charge on any atom is 0.233 e. The number of carbonyl (C=O) groups excluding carboxylic acids is 1. The van der Waals surface area contributed by atoms with Crippen LogP contribution in [-0.4, -0.2) is 21.6 Å². The molecule has 0 radical (unpaired) electrons. The van der Waals surface area contributed by atoms with Crippen LogP contribution in [0.5, 0.6) is 0 Å². The summed E-state index contributed by atoms with van der Waals surface area (Å²) in [5.74, 6) is 5.66. The van der Waals surface area contributed by atoms with Crippen LogP contribution in [0.15, 0.2) is 17.6 Å². The monoisotopic (exact) mass is 200 g/mol. The second-order valence-corrected chi connectivity index (χ2v) is 3.50. The van der Waals surface area contributed by atoms with Gasteiger partial charge in [-0.2, -0.15) is 0 Å². The molecular weight excluding hydrogens is 188 g/mol. The van der Waals surface area contributed by atoms with Gasteiger partial charge in [0.15, 0.2) is 5.16 Å². The number of nitrogens with two attached hydrogens (primary N) is 1. The van der Waals surface area contributed by atoms with Crippen LogP contribution in [0, 0.1) is 0 Å². The van der Waals surface area contributed by atoms with E-state index in [0.29, 0.717) is 6.42 Å². The zero-order chi connectivity index (χ0) is 9.52. The molecule has 5 nitrogen and oxygen atoms in total. The van der Waals surface area contributed by atoms with Gasteiger partial charge < -0.3 is 4.98 Å². The van der Waals surface area contributed by atoms with Crippen molar-refractivity contribution in [1.29, 1.82) is 0 Å². The van der Waals surface area contributed by atoms with Gasteiger partial charge in [0.05, 0.1) is 0 Å². The normalized spacial score (nSPS) is 9.92. The number of nitrogens with zero attached hydrogens (tertiary/aromatic N) is 1. The van der Waals surface area contributed by atoms with E-state index < -0.39 is 0 Å². The highest BCUT2D eigenvalue weighted by Crippen LogP contribution is 2.13. The lowest BCUT2D eigenvalue weighted by Crippen LogP contribution is -2.29. The number of H-pyrrole nitrogens is 1. The van der Waals surface area contributed by atoms with Crippen molar-refractivity contribution in [2.45, 2.75) is 18.0 Å². The van der Waals surface area contributed by atoms with Crippen molar-refractivity contribution in [3.8, 4) is 0 Å². The van der Waals surface area contributed by atoms with Gasteiger partial charge >= 0.3 is 0 Å². The molecule has 0 spiro atoms. The van der Waals surface area contributed by atoms with Gasteiger partial charge in [0.1, 0.15) is 0 Å². The standard InChI is InChI=1S/C7H12N4OS/c8-11-6(12)2-1-5-13-7-9-3-4-10-7/h3-4H,1-2,5,8H2,(H,9,10)(H,11,12). The first kappa shape index (κ1) is 10.1. The van der Waals surface area contributed by atoms with Crippen molar-refractivity contribution in [3.05, 3.63) is 12.4 Å². The van der Waals surface area contributed by atoms with Crippen molar-refractivity contribution in [2.75, 3.05) is 5.75 Å². The van der Waals surface area contributed by atoms with Crippen LogP contribution in [0.25, 0.3) is 0 Å². The number of hydrogen-bond donors (Lipinski definition) is 3. The molecule has 0 bridgehead atoms. The van der Waals surface area contributed by atoms with E-state index in [4.69, 9.17) is 5.84 Å². The van der Waals surface area contributed by atoms with Crippen molar-refractivity contribution in [2.24, 2.45) is 5.84 Å². The van der Waals surface area contributed by atoms with Gasteiger partial charge in [-0.25, -0.2) is 10.8 Å². The minimum atomic E-state index is -0.125. The molecule has 0 atom stereocenters. The number of nitrogens with one attached hydrogen (secondary N) is 2. The van der Waals surface area contributed by atoms with Crippen LogP contribution in [0.4, 0.5) is 0 Å². The highest BCUT2D eigenvalue weighted by Gasteiger charge is 1.99. The minimum Gasteiger partial charge on any atom is -0.340 e. The summed E-state index contributed by atoms with van der Waals surface area (Å²) in [4.78, 5) is 17.7. The number of aromatic amines is 1. The fraction of sp³-hybridized carbons (Fsp3) is 0.429. The van der Waals surface area contributed by atoms with E-state index in [2.05, 4.69) is 15.4 Å². The molecule has 72 valence electrons. The summed E-state index contributed by atoms with van der Waals surface area (Å²) < 4.78 is 0. The van der Waals surface area contributed by atoms with Crippen LogP contribution >= 0.6 is 11.8 Å². The molecule has 6 heteroatoms. The number of amides is 1. The molecule has 0 aliphatic heterocycles. The summed E-state index contributed by atoms with van der Waals surface area (Å²) >= 11 is 1.59. The smallest absolute Gasteiger partial charge is 0.233 e. The van der Waals surface area contributed by atoms with E-state index in [9.17, 15) is 4.79 Å². The summed E-state index contributed by atoms with van der Waals surface area (Å²) in [5.41, 5.74) is 2.09. The summed E-state index contributed by atoms with van der Waals surface area (Å²) in [6.07, 6.45) is 4.74. The van der Waals surface area contributed by atoms with Crippen LogP contribution in [-0.2, 0) is 4.79 Å². The van der Waals surface area contributed by atoms with Gasteiger partial charge in [0, 0.05) is 24.6 Å². The fourth-order valence-electron chi connectivity index (χ4n) is 0.803. The Morgan fingerprint density at radius 1 is 1.77 bits per heavy atom. The maximum absolute atomic E-state index is 10.7. The Morgan fingerprint density at radius 2 is 2.62 bits per heavy atom. The molecule has 0 aromatic carbocycles. The summed E-state index contributed by atoms with van der Waals surface area (Å²) in [7, 11) is 0. The second-order valence-electron chi connectivity index (χ2n) is 2.41. The summed E-state index contributed by atoms with van der Waals surface area (Å²) in [5, 5.41) is 0.883. The molecule has 0 aliphatic carbocycles. The van der Waals surface area contributed by atoms with Crippen LogP contribution < -0.4 is 11.3 Å². The first-order valence-corrected chi connectivity index (χ1v) is 4.93. The van der Waals surface area contributed by atoms with E-state index in [0.717, 1.165) is 17.3 Å². The number of carbonyl (C=O) groups is 1. The molecule has 4 N–H and O–H groups in total. The average molecular weight is 200 g/mol. The quantitative estimate of drug-likeness (QED) is 0.209. The van der Waals surface area contributed by atoms with Crippen molar-refractivity contribution in [3.63, 3.8) is 0 Å². The summed E-state index contributed by atoms with van der Waals surface area (Å²) in [6.45, 7) is 0. The number of imidazole rings is 1. The third-order valence-electron chi connectivity index (χ3n) is 1.42. The Hall–Kier alpha value is -1.01. The van der Waals surface area contributed by atoms with Gasteiger partial charge in [0.2, 0.25) is 5.91 Å². The van der Waals surface area contributed by atoms with Gasteiger partial charge in [-0.05, 0) is 6.42 Å². The topological polar surface area (TPSA) is 83.8 Å². The Morgan fingerprint density at radius 3 is 3.23 bits per heavy atom. The molecule has 0 aliphatic rings. The lowest BCUT2D eigenvalue weighted by Gasteiger charge is -1.98. The largest absolute Gasteiger partial charge is 0.340 e. The Kier molecular flexibility index (Phi) is 4.34. The van der Waals surface area contributed by atoms with Crippen molar-refractivity contribution < 1.29 is 4.79 Å². The molecule has 1 heterocycles. The van der Waals surface area contributed by atoms with Gasteiger partial charge in [-0.15, -0.1) is 0 Å². The molecule has 0 saturated heterocycles. The third-order valence-corrected chi connectivity index (χ3v) is 2.41.